The van der Waals surface area contributed by atoms with Gasteiger partial charge in [-0.1, -0.05) is 18.2 Å². The highest BCUT2D eigenvalue weighted by Crippen LogP contribution is 2.32. The molecule has 0 unspecified atom stereocenters. The molecule has 0 atom stereocenters. The smallest absolute Gasteiger partial charge is 0.281 e. The molecule has 0 saturated heterocycles. The number of thioether (sulfide) groups is 1. The van der Waals surface area contributed by atoms with Gasteiger partial charge in [0, 0.05) is 11.8 Å². The van der Waals surface area contributed by atoms with E-state index in [-0.39, 0.29) is 22.6 Å². The Morgan fingerprint density at radius 1 is 1.21 bits per heavy atom. The molecule has 9 heteroatoms. The zero-order valence-corrected chi connectivity index (χ0v) is 16.4. The highest BCUT2D eigenvalue weighted by atomic mass is 32.2. The predicted octanol–water partition coefficient (Wildman–Crippen LogP) is 2.99. The van der Waals surface area contributed by atoms with Crippen LogP contribution in [0.25, 0.3) is 6.08 Å². The highest BCUT2D eigenvalue weighted by Gasteiger charge is 2.11. The SMILES string of the molecule is COc1cc(/C=C(\Sc2nnc(C)o2)C(=O)[O-])ccc1OCc1ccc(F)cc1. The molecular formula is C20H16FN2O5S-. The van der Waals surface area contributed by atoms with Gasteiger partial charge in [-0.15, -0.1) is 10.2 Å². The van der Waals surface area contributed by atoms with E-state index in [2.05, 4.69) is 10.2 Å². The van der Waals surface area contributed by atoms with Crippen LogP contribution in [0.5, 0.6) is 11.5 Å². The van der Waals surface area contributed by atoms with E-state index >= 15 is 0 Å². The van der Waals surface area contributed by atoms with E-state index in [0.717, 1.165) is 17.3 Å². The van der Waals surface area contributed by atoms with Crippen LogP contribution >= 0.6 is 11.8 Å². The molecule has 150 valence electrons. The molecule has 0 aliphatic rings. The third-order valence-electron chi connectivity index (χ3n) is 3.70. The van der Waals surface area contributed by atoms with Crippen LogP contribution in [-0.4, -0.2) is 23.3 Å². The summed E-state index contributed by atoms with van der Waals surface area (Å²) >= 11 is 0.795. The van der Waals surface area contributed by atoms with Crippen molar-refractivity contribution in [1.82, 2.24) is 10.2 Å². The second kappa shape index (κ2) is 9.24. The van der Waals surface area contributed by atoms with Gasteiger partial charge in [0.1, 0.15) is 12.4 Å². The molecule has 0 radical (unpaired) electrons. The van der Waals surface area contributed by atoms with Crippen molar-refractivity contribution in [3.8, 4) is 11.5 Å². The zero-order chi connectivity index (χ0) is 20.8. The Kier molecular flexibility index (Phi) is 6.50. The Morgan fingerprint density at radius 3 is 2.59 bits per heavy atom. The molecule has 0 bridgehead atoms. The van der Waals surface area contributed by atoms with Gasteiger partial charge in [0.05, 0.1) is 13.1 Å². The molecule has 3 rings (SSSR count). The molecule has 0 amide bonds. The van der Waals surface area contributed by atoms with Crippen molar-refractivity contribution in [2.45, 2.75) is 18.8 Å². The number of carbonyl (C=O) groups excluding carboxylic acids is 1. The molecule has 0 spiro atoms. The fraction of sp³-hybridized carbons (Fsp3) is 0.150. The minimum absolute atomic E-state index is 0.101. The second-order valence-electron chi connectivity index (χ2n) is 5.81. The summed E-state index contributed by atoms with van der Waals surface area (Å²) in [5, 5.41) is 19.0. The lowest BCUT2D eigenvalue weighted by Gasteiger charge is -2.12. The molecule has 2 aromatic carbocycles. The summed E-state index contributed by atoms with van der Waals surface area (Å²) in [7, 11) is 1.48. The number of halogens is 1. The number of methoxy groups -OCH3 is 1. The lowest BCUT2D eigenvalue weighted by Crippen LogP contribution is -2.23. The summed E-state index contributed by atoms with van der Waals surface area (Å²) in [5.41, 5.74) is 1.35. The first-order chi connectivity index (χ1) is 13.9. The summed E-state index contributed by atoms with van der Waals surface area (Å²) in [6.45, 7) is 1.83. The van der Waals surface area contributed by atoms with Gasteiger partial charge in [-0.3, -0.25) is 0 Å². The number of nitrogens with zero attached hydrogens (tertiary/aromatic N) is 2. The lowest BCUT2D eigenvalue weighted by atomic mass is 10.2. The van der Waals surface area contributed by atoms with Gasteiger partial charge in [-0.2, -0.15) is 0 Å². The first-order valence-corrected chi connectivity index (χ1v) is 9.22. The number of hydrogen-bond donors (Lipinski definition) is 0. The normalized spacial score (nSPS) is 11.3. The molecule has 1 heterocycles. The van der Waals surface area contributed by atoms with E-state index in [4.69, 9.17) is 13.9 Å². The Morgan fingerprint density at radius 2 is 1.97 bits per heavy atom. The van der Waals surface area contributed by atoms with Crippen LogP contribution in [0.2, 0.25) is 0 Å². The average molecular weight is 415 g/mol. The quantitative estimate of drug-likeness (QED) is 0.409. The van der Waals surface area contributed by atoms with Crippen LogP contribution in [0.1, 0.15) is 17.0 Å². The molecular weight excluding hydrogens is 399 g/mol. The third kappa shape index (κ3) is 5.58. The molecule has 0 aliphatic heterocycles. The van der Waals surface area contributed by atoms with Gasteiger partial charge in [0.15, 0.2) is 11.5 Å². The van der Waals surface area contributed by atoms with Gasteiger partial charge in [0.25, 0.3) is 5.22 Å². The number of hydrogen-bond acceptors (Lipinski definition) is 8. The van der Waals surface area contributed by atoms with E-state index in [9.17, 15) is 14.3 Å². The summed E-state index contributed by atoms with van der Waals surface area (Å²) in [6.07, 6.45) is 1.41. The monoisotopic (exact) mass is 415 g/mol. The number of aliphatic carboxylic acids is 1. The van der Waals surface area contributed by atoms with E-state index in [1.54, 1.807) is 37.3 Å². The number of carbonyl (C=O) groups is 1. The maximum Gasteiger partial charge on any atom is 0.281 e. The van der Waals surface area contributed by atoms with E-state index < -0.39 is 5.97 Å². The van der Waals surface area contributed by atoms with Gasteiger partial charge in [-0.25, -0.2) is 4.39 Å². The number of benzene rings is 2. The van der Waals surface area contributed by atoms with Crippen molar-refractivity contribution < 1.29 is 28.2 Å². The zero-order valence-electron chi connectivity index (χ0n) is 15.5. The van der Waals surface area contributed by atoms with Crippen LogP contribution in [0.3, 0.4) is 0 Å². The number of carboxylic acids is 1. The fourth-order valence-corrected chi connectivity index (χ4v) is 3.04. The maximum atomic E-state index is 13.0. The summed E-state index contributed by atoms with van der Waals surface area (Å²) in [5.74, 6) is -0.489. The Balaban J connectivity index is 1.77. The predicted molar refractivity (Wildman–Crippen MR) is 102 cm³/mol. The second-order valence-corrected chi connectivity index (χ2v) is 6.80. The first-order valence-electron chi connectivity index (χ1n) is 8.41. The van der Waals surface area contributed by atoms with Crippen molar-refractivity contribution in [2.75, 3.05) is 7.11 Å². The molecule has 7 nitrogen and oxygen atoms in total. The minimum atomic E-state index is -1.37. The van der Waals surface area contributed by atoms with E-state index in [0.29, 0.717) is 23.0 Å². The summed E-state index contributed by atoms with van der Waals surface area (Å²) in [4.78, 5) is 11.3. The standard InChI is InChI=1S/C20H17FN2O5S/c1-12-22-23-20(28-12)29-18(19(24)25)10-14-5-8-16(17(9-14)26-2)27-11-13-3-6-15(21)7-4-13/h3-10H,11H2,1-2H3,(H,24,25)/p-1/b18-10-. The van der Waals surface area contributed by atoms with Crippen LogP contribution < -0.4 is 14.6 Å². The third-order valence-corrected chi connectivity index (χ3v) is 4.54. The summed E-state index contributed by atoms with van der Waals surface area (Å²) < 4.78 is 29.2. The molecule has 0 fully saturated rings. The Hall–Kier alpha value is -3.33. The summed E-state index contributed by atoms with van der Waals surface area (Å²) in [6, 6.07) is 10.9. The van der Waals surface area contributed by atoms with Crippen molar-refractivity contribution in [1.29, 1.82) is 0 Å². The van der Waals surface area contributed by atoms with Crippen LogP contribution in [-0.2, 0) is 11.4 Å². The maximum absolute atomic E-state index is 13.0. The van der Waals surface area contributed by atoms with Crippen molar-refractivity contribution in [3.63, 3.8) is 0 Å². The lowest BCUT2D eigenvalue weighted by molar-refractivity contribution is -0.298. The number of carboxylic acid groups (broad SMARTS) is 1. The molecule has 0 aliphatic carbocycles. The van der Waals surface area contributed by atoms with Crippen LogP contribution in [0, 0.1) is 12.7 Å². The topological polar surface area (TPSA) is 97.5 Å². The molecule has 29 heavy (non-hydrogen) atoms. The molecule has 1 aromatic heterocycles. The molecule has 3 aromatic rings. The Labute approximate surface area is 170 Å². The highest BCUT2D eigenvalue weighted by molar-refractivity contribution is 8.03. The number of rotatable bonds is 8. The fourth-order valence-electron chi connectivity index (χ4n) is 2.33. The Bertz CT molecular complexity index is 1030. The average Bonchev–Trinajstić information content (AvgIpc) is 3.12. The van der Waals surface area contributed by atoms with Gasteiger partial charge >= 0.3 is 0 Å². The molecule has 0 N–H and O–H groups in total. The largest absolute Gasteiger partial charge is 0.544 e. The first kappa shape index (κ1) is 20.4. The van der Waals surface area contributed by atoms with Crippen LogP contribution in [0.15, 0.2) is 57.0 Å². The number of aryl methyl sites for hydroxylation is 1. The van der Waals surface area contributed by atoms with E-state index in [1.165, 1.54) is 25.3 Å². The van der Waals surface area contributed by atoms with Crippen LogP contribution in [0.4, 0.5) is 4.39 Å². The van der Waals surface area contributed by atoms with Gasteiger partial charge < -0.3 is 23.8 Å². The molecule has 0 saturated carbocycles. The minimum Gasteiger partial charge on any atom is -0.544 e. The number of ether oxygens (including phenoxy) is 2. The van der Waals surface area contributed by atoms with Gasteiger partial charge in [0.2, 0.25) is 5.89 Å². The van der Waals surface area contributed by atoms with Crippen molar-refractivity contribution in [3.05, 3.63) is 70.2 Å². The van der Waals surface area contributed by atoms with E-state index in [1.807, 2.05) is 0 Å². The number of aromatic nitrogens is 2. The van der Waals surface area contributed by atoms with Gasteiger partial charge in [-0.05, 0) is 53.2 Å². The van der Waals surface area contributed by atoms with Crippen molar-refractivity contribution >= 4 is 23.8 Å². The van der Waals surface area contributed by atoms with Crippen molar-refractivity contribution in [2.24, 2.45) is 0 Å².